The van der Waals surface area contributed by atoms with Gasteiger partial charge in [-0.05, 0) is 51.4 Å². The number of carboxylic acid groups (broad SMARTS) is 1. The Balaban J connectivity index is 3.57. The van der Waals surface area contributed by atoms with Crippen LogP contribution in [-0.2, 0) is 4.79 Å². The summed E-state index contributed by atoms with van der Waals surface area (Å²) in [6.07, 6.45) is 23.0. The van der Waals surface area contributed by atoms with Crippen LogP contribution in [0.1, 0.15) is 71.1 Å². The first-order valence-corrected chi connectivity index (χ1v) is 9.77. The number of hydrogen-bond acceptors (Lipinski definition) is 3. The summed E-state index contributed by atoms with van der Waals surface area (Å²) < 4.78 is 0. The quantitative estimate of drug-likeness (QED) is 0.206. The largest absolute Gasteiger partial charge is 0.481 e. The fourth-order valence-corrected chi connectivity index (χ4v) is 2.27. The molecule has 0 fully saturated rings. The summed E-state index contributed by atoms with van der Waals surface area (Å²) in [4.78, 5) is 10.4. The molecule has 0 heterocycles. The molecule has 0 aliphatic heterocycles. The molecule has 4 heteroatoms. The van der Waals surface area contributed by atoms with Crippen molar-refractivity contribution in [2.75, 3.05) is 0 Å². The lowest BCUT2D eigenvalue weighted by atomic mass is 10.1. The van der Waals surface area contributed by atoms with E-state index in [1.807, 2.05) is 31.2 Å². The molecular weight excluding hydrogens is 328 g/mol. The molecule has 0 bridgehead atoms. The van der Waals surface area contributed by atoms with Gasteiger partial charge in [0.1, 0.15) is 0 Å². The highest BCUT2D eigenvalue weighted by Crippen LogP contribution is 2.07. The third-order valence-corrected chi connectivity index (χ3v) is 3.94. The SMILES string of the molecule is CCC(O)/C=C\C=C/C/C=C\CCC(O)C/C=C\CCCCCC(=O)O. The normalized spacial score (nSPS) is 14.9. The van der Waals surface area contributed by atoms with Crippen molar-refractivity contribution in [2.45, 2.75) is 83.3 Å². The molecule has 148 valence electrons. The number of unbranched alkanes of at least 4 members (excludes halogenated alkanes) is 3. The summed E-state index contributed by atoms with van der Waals surface area (Å²) >= 11 is 0. The van der Waals surface area contributed by atoms with Crippen LogP contribution in [0.5, 0.6) is 0 Å². The van der Waals surface area contributed by atoms with Crippen LogP contribution in [0.2, 0.25) is 0 Å². The third kappa shape index (κ3) is 18.7. The minimum atomic E-state index is -0.725. The van der Waals surface area contributed by atoms with E-state index in [1.54, 1.807) is 6.08 Å². The smallest absolute Gasteiger partial charge is 0.303 e. The van der Waals surface area contributed by atoms with Crippen LogP contribution in [0.4, 0.5) is 0 Å². The number of aliphatic hydroxyl groups is 2. The van der Waals surface area contributed by atoms with Crippen LogP contribution in [-0.4, -0.2) is 33.5 Å². The predicted octanol–water partition coefficient (Wildman–Crippen LogP) is 4.94. The van der Waals surface area contributed by atoms with Gasteiger partial charge in [-0.1, -0.05) is 62.0 Å². The maximum atomic E-state index is 10.4. The van der Waals surface area contributed by atoms with E-state index in [1.165, 1.54) is 0 Å². The monoisotopic (exact) mass is 364 g/mol. The maximum Gasteiger partial charge on any atom is 0.303 e. The Hall–Kier alpha value is -1.65. The standard InChI is InChI=1S/C22H36O4/c1-2-20(23)16-12-8-4-3-5-9-13-17-21(24)18-14-10-6-7-11-15-19-22(25)26/h4-5,8-10,12,14,16,20-21,23-24H,2-3,6-7,11,13,15,17-19H2,1H3,(H,25,26)/b8-4-,9-5-,14-10-,16-12-. The minimum absolute atomic E-state index is 0.254. The summed E-state index contributed by atoms with van der Waals surface area (Å²) in [5, 5.41) is 27.8. The first-order chi connectivity index (χ1) is 12.6. The molecule has 0 amide bonds. The molecule has 26 heavy (non-hydrogen) atoms. The van der Waals surface area contributed by atoms with E-state index in [2.05, 4.69) is 18.2 Å². The van der Waals surface area contributed by atoms with E-state index in [0.29, 0.717) is 6.42 Å². The number of allylic oxidation sites excluding steroid dienone is 6. The molecule has 3 N–H and O–H groups in total. The summed E-state index contributed by atoms with van der Waals surface area (Å²) in [5.74, 6) is -0.725. The fraction of sp³-hybridized carbons (Fsp3) is 0.591. The molecule has 4 nitrogen and oxygen atoms in total. The van der Waals surface area contributed by atoms with Gasteiger partial charge in [0.15, 0.2) is 0 Å². The summed E-state index contributed by atoms with van der Waals surface area (Å²) in [6, 6.07) is 0. The van der Waals surface area contributed by atoms with Gasteiger partial charge in [-0.15, -0.1) is 0 Å². The van der Waals surface area contributed by atoms with Gasteiger partial charge in [0.2, 0.25) is 0 Å². The van der Waals surface area contributed by atoms with Gasteiger partial charge in [0, 0.05) is 6.42 Å². The van der Waals surface area contributed by atoms with Crippen molar-refractivity contribution in [3.63, 3.8) is 0 Å². The molecule has 0 saturated carbocycles. The van der Waals surface area contributed by atoms with Gasteiger partial charge < -0.3 is 15.3 Å². The summed E-state index contributed by atoms with van der Waals surface area (Å²) in [6.45, 7) is 1.94. The van der Waals surface area contributed by atoms with E-state index in [0.717, 1.165) is 51.4 Å². The first-order valence-electron chi connectivity index (χ1n) is 9.77. The average molecular weight is 365 g/mol. The Morgan fingerprint density at radius 2 is 1.69 bits per heavy atom. The first kappa shape index (κ1) is 24.4. The Morgan fingerprint density at radius 3 is 2.42 bits per heavy atom. The van der Waals surface area contributed by atoms with Crippen LogP contribution < -0.4 is 0 Å². The second-order valence-electron chi connectivity index (χ2n) is 6.43. The molecular formula is C22H36O4. The lowest BCUT2D eigenvalue weighted by molar-refractivity contribution is -0.137. The molecule has 2 atom stereocenters. The van der Waals surface area contributed by atoms with Crippen molar-refractivity contribution in [1.29, 1.82) is 0 Å². The van der Waals surface area contributed by atoms with Crippen LogP contribution in [0.15, 0.2) is 48.6 Å². The number of carbonyl (C=O) groups is 1. The minimum Gasteiger partial charge on any atom is -0.481 e. The van der Waals surface area contributed by atoms with Gasteiger partial charge in [-0.25, -0.2) is 0 Å². The number of aliphatic hydroxyl groups excluding tert-OH is 2. The second-order valence-corrected chi connectivity index (χ2v) is 6.43. The van der Waals surface area contributed by atoms with Crippen LogP contribution in [0, 0.1) is 0 Å². The van der Waals surface area contributed by atoms with Gasteiger partial charge in [-0.2, -0.15) is 0 Å². The van der Waals surface area contributed by atoms with Gasteiger partial charge in [-0.3, -0.25) is 4.79 Å². The zero-order chi connectivity index (χ0) is 19.5. The van der Waals surface area contributed by atoms with Crippen molar-refractivity contribution in [2.24, 2.45) is 0 Å². The molecule has 0 spiro atoms. The zero-order valence-corrected chi connectivity index (χ0v) is 16.1. The molecule has 0 radical (unpaired) electrons. The zero-order valence-electron chi connectivity index (χ0n) is 16.1. The molecule has 0 aliphatic rings. The number of rotatable bonds is 16. The predicted molar refractivity (Wildman–Crippen MR) is 108 cm³/mol. The molecule has 2 unspecified atom stereocenters. The van der Waals surface area contributed by atoms with Crippen molar-refractivity contribution >= 4 is 5.97 Å². The lowest BCUT2D eigenvalue weighted by Crippen LogP contribution is -2.03. The Kier molecular flexibility index (Phi) is 17.0. The molecule has 0 rings (SSSR count). The maximum absolute atomic E-state index is 10.4. The van der Waals surface area contributed by atoms with Crippen molar-refractivity contribution in [3.8, 4) is 0 Å². The van der Waals surface area contributed by atoms with E-state index in [-0.39, 0.29) is 18.6 Å². The Bertz CT molecular complexity index is 449. The molecule has 0 aromatic rings. The third-order valence-electron chi connectivity index (χ3n) is 3.94. The van der Waals surface area contributed by atoms with Gasteiger partial charge in [0.25, 0.3) is 0 Å². The molecule has 0 aliphatic carbocycles. The van der Waals surface area contributed by atoms with Gasteiger partial charge >= 0.3 is 5.97 Å². The summed E-state index contributed by atoms with van der Waals surface area (Å²) in [7, 11) is 0. The van der Waals surface area contributed by atoms with Crippen molar-refractivity contribution < 1.29 is 20.1 Å². The summed E-state index contributed by atoms with van der Waals surface area (Å²) in [5.41, 5.74) is 0. The highest BCUT2D eigenvalue weighted by molar-refractivity contribution is 5.66. The second kappa shape index (κ2) is 18.2. The van der Waals surface area contributed by atoms with Gasteiger partial charge in [0.05, 0.1) is 12.2 Å². The topological polar surface area (TPSA) is 77.8 Å². The van der Waals surface area contributed by atoms with Crippen LogP contribution in [0.3, 0.4) is 0 Å². The molecule has 0 saturated heterocycles. The molecule has 0 aromatic heterocycles. The number of aliphatic carboxylic acids is 1. The molecule has 0 aromatic carbocycles. The van der Waals surface area contributed by atoms with Crippen LogP contribution in [0.25, 0.3) is 0 Å². The Labute approximate surface area is 158 Å². The average Bonchev–Trinajstić information content (AvgIpc) is 2.61. The lowest BCUT2D eigenvalue weighted by Gasteiger charge is -2.05. The van der Waals surface area contributed by atoms with E-state index < -0.39 is 5.97 Å². The van der Waals surface area contributed by atoms with Crippen molar-refractivity contribution in [1.82, 2.24) is 0 Å². The highest BCUT2D eigenvalue weighted by atomic mass is 16.4. The number of hydrogen-bond donors (Lipinski definition) is 3. The van der Waals surface area contributed by atoms with E-state index >= 15 is 0 Å². The van der Waals surface area contributed by atoms with Crippen LogP contribution >= 0.6 is 0 Å². The van der Waals surface area contributed by atoms with Crippen molar-refractivity contribution in [3.05, 3.63) is 48.6 Å². The fourth-order valence-electron chi connectivity index (χ4n) is 2.27. The van der Waals surface area contributed by atoms with E-state index in [4.69, 9.17) is 5.11 Å². The van der Waals surface area contributed by atoms with E-state index in [9.17, 15) is 15.0 Å². The highest BCUT2D eigenvalue weighted by Gasteiger charge is 1.99. The number of carboxylic acids is 1. The Morgan fingerprint density at radius 1 is 0.923 bits per heavy atom.